The molecule has 19 heavy (non-hydrogen) atoms. The minimum Gasteiger partial charge on any atom is -0.491 e. The molecule has 1 N–H and O–H groups in total. The highest BCUT2D eigenvalue weighted by molar-refractivity contribution is 6.30. The highest BCUT2D eigenvalue weighted by atomic mass is 35.5. The molecule has 1 aromatic heterocycles. The summed E-state index contributed by atoms with van der Waals surface area (Å²) in [5.41, 5.74) is 0.370. The quantitative estimate of drug-likeness (QED) is 0.915. The van der Waals surface area contributed by atoms with Gasteiger partial charge in [0.2, 0.25) is 0 Å². The van der Waals surface area contributed by atoms with Gasteiger partial charge in [-0.25, -0.2) is 13.8 Å². The van der Waals surface area contributed by atoms with Crippen LogP contribution in [0.5, 0.6) is 5.75 Å². The lowest BCUT2D eigenvalue weighted by atomic mass is 10.3. The van der Waals surface area contributed by atoms with Crippen LogP contribution >= 0.6 is 11.6 Å². The van der Waals surface area contributed by atoms with Crippen molar-refractivity contribution in [1.82, 2.24) is 4.98 Å². The van der Waals surface area contributed by atoms with Crippen LogP contribution in [0.4, 0.5) is 20.3 Å². The molecule has 0 unspecified atom stereocenters. The normalized spacial score (nSPS) is 10.3. The van der Waals surface area contributed by atoms with Crippen LogP contribution in [0.2, 0.25) is 5.02 Å². The van der Waals surface area contributed by atoms with Gasteiger partial charge in [-0.15, -0.1) is 0 Å². The minimum absolute atomic E-state index is 0.0204. The van der Waals surface area contributed by atoms with Gasteiger partial charge in [0.1, 0.15) is 0 Å². The second-order valence-electron chi connectivity index (χ2n) is 3.69. The Balaban J connectivity index is 2.21. The second kappa shape index (κ2) is 5.84. The van der Waals surface area contributed by atoms with E-state index < -0.39 is 11.6 Å². The van der Waals surface area contributed by atoms with E-state index in [2.05, 4.69) is 10.3 Å². The minimum atomic E-state index is -0.609. The molecule has 0 atom stereocenters. The van der Waals surface area contributed by atoms with E-state index in [-0.39, 0.29) is 16.6 Å². The van der Waals surface area contributed by atoms with Crippen molar-refractivity contribution in [3.8, 4) is 5.75 Å². The van der Waals surface area contributed by atoms with E-state index in [4.69, 9.17) is 16.3 Å². The summed E-state index contributed by atoms with van der Waals surface area (Å²) < 4.78 is 32.2. The van der Waals surface area contributed by atoms with Crippen molar-refractivity contribution in [2.75, 3.05) is 11.9 Å². The van der Waals surface area contributed by atoms with Gasteiger partial charge in [-0.2, -0.15) is 0 Å². The molecule has 2 rings (SSSR count). The van der Waals surface area contributed by atoms with Gasteiger partial charge in [0.05, 0.1) is 11.6 Å². The van der Waals surface area contributed by atoms with Crippen molar-refractivity contribution in [1.29, 1.82) is 0 Å². The first-order chi connectivity index (χ1) is 9.10. The van der Waals surface area contributed by atoms with Crippen LogP contribution in [0.15, 0.2) is 30.5 Å². The third-order valence-corrected chi connectivity index (χ3v) is 2.51. The van der Waals surface area contributed by atoms with E-state index >= 15 is 0 Å². The van der Waals surface area contributed by atoms with Gasteiger partial charge in [-0.05, 0) is 25.1 Å². The second-order valence-corrected chi connectivity index (χ2v) is 4.12. The van der Waals surface area contributed by atoms with Crippen molar-refractivity contribution in [2.24, 2.45) is 0 Å². The van der Waals surface area contributed by atoms with Gasteiger partial charge in [0.15, 0.2) is 23.2 Å². The average Bonchev–Trinajstić information content (AvgIpc) is 2.36. The lowest BCUT2D eigenvalue weighted by molar-refractivity contribution is 0.321. The van der Waals surface area contributed by atoms with Crippen molar-refractivity contribution in [3.63, 3.8) is 0 Å². The zero-order chi connectivity index (χ0) is 13.8. The number of hydrogen-bond acceptors (Lipinski definition) is 3. The number of nitrogens with one attached hydrogen (secondary N) is 1. The molecule has 6 heteroatoms. The summed E-state index contributed by atoms with van der Waals surface area (Å²) in [7, 11) is 0. The zero-order valence-electron chi connectivity index (χ0n) is 10.1. The first-order valence-corrected chi connectivity index (χ1v) is 5.98. The largest absolute Gasteiger partial charge is 0.491 e. The molecule has 0 spiro atoms. The van der Waals surface area contributed by atoms with Gasteiger partial charge in [-0.1, -0.05) is 11.6 Å². The molecule has 2 aromatic rings. The highest BCUT2D eigenvalue weighted by Crippen LogP contribution is 2.24. The van der Waals surface area contributed by atoms with Crippen LogP contribution < -0.4 is 10.1 Å². The van der Waals surface area contributed by atoms with Crippen LogP contribution in [-0.2, 0) is 0 Å². The summed E-state index contributed by atoms with van der Waals surface area (Å²) in [5.74, 6) is -1.01. The predicted octanol–water partition coefficient (Wildman–Crippen LogP) is 4.16. The molecule has 0 fully saturated rings. The predicted molar refractivity (Wildman–Crippen MR) is 70.1 cm³/mol. The van der Waals surface area contributed by atoms with Crippen molar-refractivity contribution < 1.29 is 13.5 Å². The summed E-state index contributed by atoms with van der Waals surface area (Å²) in [4.78, 5) is 3.79. The molecular weight excluding hydrogens is 274 g/mol. The van der Waals surface area contributed by atoms with Crippen LogP contribution in [0, 0.1) is 11.6 Å². The number of benzene rings is 1. The summed E-state index contributed by atoms with van der Waals surface area (Å²) >= 11 is 5.59. The Bertz CT molecular complexity index is 593. The van der Waals surface area contributed by atoms with Crippen LogP contribution in [-0.4, -0.2) is 11.6 Å². The van der Waals surface area contributed by atoms with Gasteiger partial charge >= 0.3 is 0 Å². The third-order valence-electron chi connectivity index (χ3n) is 2.30. The molecule has 0 saturated carbocycles. The average molecular weight is 285 g/mol. The Hall–Kier alpha value is -1.88. The summed E-state index contributed by atoms with van der Waals surface area (Å²) in [6.45, 7) is 2.13. The van der Waals surface area contributed by atoms with Crippen LogP contribution in [0.3, 0.4) is 0 Å². The smallest absolute Gasteiger partial charge is 0.167 e. The fraction of sp³-hybridized carbons (Fsp3) is 0.154. The first kappa shape index (κ1) is 13.5. The molecule has 100 valence electrons. The fourth-order valence-electron chi connectivity index (χ4n) is 1.49. The molecule has 0 bridgehead atoms. The van der Waals surface area contributed by atoms with Crippen molar-refractivity contribution in [2.45, 2.75) is 6.92 Å². The lowest BCUT2D eigenvalue weighted by Gasteiger charge is -2.09. The lowest BCUT2D eigenvalue weighted by Crippen LogP contribution is -1.99. The van der Waals surface area contributed by atoms with E-state index in [0.29, 0.717) is 12.3 Å². The Morgan fingerprint density at radius 1 is 1.26 bits per heavy atom. The highest BCUT2D eigenvalue weighted by Gasteiger charge is 2.08. The number of hydrogen-bond donors (Lipinski definition) is 1. The number of pyridine rings is 1. The van der Waals surface area contributed by atoms with Gasteiger partial charge in [0.25, 0.3) is 0 Å². The van der Waals surface area contributed by atoms with Gasteiger partial charge in [-0.3, -0.25) is 0 Å². The van der Waals surface area contributed by atoms with E-state index in [0.717, 1.165) is 6.07 Å². The number of anilines is 2. The zero-order valence-corrected chi connectivity index (χ0v) is 10.8. The van der Waals surface area contributed by atoms with Crippen molar-refractivity contribution >= 4 is 23.1 Å². The number of aromatic nitrogens is 1. The number of rotatable bonds is 4. The van der Waals surface area contributed by atoms with Crippen molar-refractivity contribution in [3.05, 3.63) is 47.1 Å². The molecular formula is C13H11ClF2N2O. The third kappa shape index (κ3) is 3.32. The standard InChI is InChI=1S/C13H11ClF2N2O/c1-2-19-12-4-3-9(6-10(12)15)18-13-11(16)5-8(14)7-17-13/h3-7H,2H2,1H3,(H,17,18). The first-order valence-electron chi connectivity index (χ1n) is 5.60. The molecule has 0 aliphatic heterocycles. The Kier molecular flexibility index (Phi) is 4.16. The molecule has 1 aromatic carbocycles. The van der Waals surface area contributed by atoms with E-state index in [1.807, 2.05) is 0 Å². The van der Waals surface area contributed by atoms with Gasteiger partial charge < -0.3 is 10.1 Å². The SMILES string of the molecule is CCOc1ccc(Nc2ncc(Cl)cc2F)cc1F. The Morgan fingerprint density at radius 3 is 2.68 bits per heavy atom. The molecule has 0 radical (unpaired) electrons. The monoisotopic (exact) mass is 284 g/mol. The van der Waals surface area contributed by atoms with E-state index in [1.165, 1.54) is 18.3 Å². The number of nitrogens with zero attached hydrogens (tertiary/aromatic N) is 1. The Labute approximate surface area is 114 Å². The number of halogens is 3. The fourth-order valence-corrected chi connectivity index (χ4v) is 1.64. The molecule has 0 aliphatic carbocycles. The summed E-state index contributed by atoms with van der Waals surface area (Å²) in [6, 6.07) is 5.38. The maximum Gasteiger partial charge on any atom is 0.167 e. The van der Waals surface area contributed by atoms with Gasteiger partial charge in [0, 0.05) is 18.0 Å². The molecule has 0 amide bonds. The summed E-state index contributed by atoms with van der Waals surface area (Å²) in [6.07, 6.45) is 1.30. The van der Waals surface area contributed by atoms with E-state index in [9.17, 15) is 8.78 Å². The molecule has 0 aliphatic rings. The molecule has 3 nitrogen and oxygen atoms in total. The topological polar surface area (TPSA) is 34.1 Å². The maximum atomic E-state index is 13.6. The molecule has 0 saturated heterocycles. The number of ether oxygens (including phenoxy) is 1. The van der Waals surface area contributed by atoms with E-state index in [1.54, 1.807) is 13.0 Å². The van der Waals surface area contributed by atoms with Crippen LogP contribution in [0.25, 0.3) is 0 Å². The van der Waals surface area contributed by atoms with Crippen LogP contribution in [0.1, 0.15) is 6.92 Å². The Morgan fingerprint density at radius 2 is 2.05 bits per heavy atom. The summed E-state index contributed by atoms with van der Waals surface area (Å²) in [5, 5.41) is 2.86. The molecule has 1 heterocycles. The maximum absolute atomic E-state index is 13.6.